The number of aliphatic hydroxyl groups excluding tert-OH is 1. The zero-order valence-corrected chi connectivity index (χ0v) is 20.6. The standard InChI is InChI=1S/C21H25IO11/c1-10(24)28-9-17-18(29-11(2)25)19(30-12(3)26)20(31-13(4)27)21(33-17)32-16-7-15(22)6-5-14(16)8-23/h5-7,17-21,23H,8-9H2,1-4H3/t17-,18+,19+,20-,21-/m1/s1. The molecule has 1 saturated heterocycles. The van der Waals surface area contributed by atoms with Gasteiger partial charge in [0.05, 0.1) is 6.61 Å². The highest BCUT2D eigenvalue weighted by atomic mass is 127. The maximum absolute atomic E-state index is 11.9. The van der Waals surface area contributed by atoms with Crippen molar-refractivity contribution in [3.63, 3.8) is 0 Å². The lowest BCUT2D eigenvalue weighted by Crippen LogP contribution is -2.63. The van der Waals surface area contributed by atoms with Gasteiger partial charge < -0.3 is 33.5 Å². The van der Waals surface area contributed by atoms with Crippen LogP contribution in [0.1, 0.15) is 33.3 Å². The summed E-state index contributed by atoms with van der Waals surface area (Å²) in [5.74, 6) is -2.60. The Morgan fingerprint density at radius 3 is 2.03 bits per heavy atom. The molecule has 11 nitrogen and oxygen atoms in total. The number of carbonyl (C=O) groups is 4. The zero-order valence-electron chi connectivity index (χ0n) is 18.4. The summed E-state index contributed by atoms with van der Waals surface area (Å²) in [6, 6.07) is 5.02. The van der Waals surface area contributed by atoms with Crippen molar-refractivity contribution in [2.45, 2.75) is 65.0 Å². The average molecular weight is 580 g/mol. The molecule has 0 bridgehead atoms. The van der Waals surface area contributed by atoms with E-state index in [0.717, 1.165) is 24.3 Å². The van der Waals surface area contributed by atoms with Crippen LogP contribution in [-0.4, -0.2) is 66.3 Å². The molecule has 1 aromatic carbocycles. The first-order chi connectivity index (χ1) is 15.5. The molecule has 0 aromatic heterocycles. The normalized spacial score (nSPS) is 24.4. The average Bonchev–Trinajstić information content (AvgIpc) is 2.70. The molecule has 0 unspecified atom stereocenters. The van der Waals surface area contributed by atoms with Crippen LogP contribution in [0.25, 0.3) is 0 Å². The SMILES string of the molecule is CC(=O)OC[C@H]1O[C@@H](Oc2cc(I)ccc2CO)[C@H](OC(C)=O)[C@@H](OC(C)=O)[C@H]1OC(C)=O. The van der Waals surface area contributed by atoms with E-state index in [1.807, 2.05) is 22.6 Å². The van der Waals surface area contributed by atoms with Gasteiger partial charge in [-0.05, 0) is 34.7 Å². The fourth-order valence-electron chi connectivity index (χ4n) is 3.18. The highest BCUT2D eigenvalue weighted by molar-refractivity contribution is 14.1. The molecule has 0 spiro atoms. The van der Waals surface area contributed by atoms with Crippen molar-refractivity contribution >= 4 is 46.5 Å². The Bertz CT molecular complexity index is 887. The van der Waals surface area contributed by atoms with E-state index < -0.39 is 54.6 Å². The lowest BCUT2D eigenvalue weighted by molar-refractivity contribution is -0.288. The molecule has 1 heterocycles. The highest BCUT2D eigenvalue weighted by Crippen LogP contribution is 2.32. The van der Waals surface area contributed by atoms with Crippen LogP contribution in [0.4, 0.5) is 0 Å². The second kappa shape index (κ2) is 12.1. The van der Waals surface area contributed by atoms with Gasteiger partial charge >= 0.3 is 23.9 Å². The summed E-state index contributed by atoms with van der Waals surface area (Å²) in [6.45, 7) is 3.87. The topological polar surface area (TPSA) is 144 Å². The van der Waals surface area contributed by atoms with Crippen LogP contribution < -0.4 is 4.74 Å². The van der Waals surface area contributed by atoms with Crippen molar-refractivity contribution in [3.8, 4) is 5.75 Å². The molecule has 0 saturated carbocycles. The van der Waals surface area contributed by atoms with Crippen molar-refractivity contribution in [1.29, 1.82) is 0 Å². The Kier molecular flexibility index (Phi) is 9.86. The molecular weight excluding hydrogens is 555 g/mol. The van der Waals surface area contributed by atoms with Crippen LogP contribution in [0.3, 0.4) is 0 Å². The zero-order chi connectivity index (χ0) is 24.7. The summed E-state index contributed by atoms with van der Waals surface area (Å²) < 4.78 is 33.6. The summed E-state index contributed by atoms with van der Waals surface area (Å²) in [4.78, 5) is 46.8. The van der Waals surface area contributed by atoms with Gasteiger partial charge in [-0.25, -0.2) is 0 Å². The Morgan fingerprint density at radius 1 is 0.909 bits per heavy atom. The molecule has 2 rings (SSSR count). The van der Waals surface area contributed by atoms with E-state index in [1.54, 1.807) is 18.2 Å². The minimum absolute atomic E-state index is 0.227. The maximum Gasteiger partial charge on any atom is 0.303 e. The number of hydrogen-bond acceptors (Lipinski definition) is 11. The van der Waals surface area contributed by atoms with Crippen LogP contribution in [0.15, 0.2) is 18.2 Å². The fraction of sp³-hybridized carbons (Fsp3) is 0.524. The second-order valence-electron chi connectivity index (χ2n) is 7.10. The van der Waals surface area contributed by atoms with Gasteiger partial charge in [-0.1, -0.05) is 6.07 Å². The third kappa shape index (κ3) is 7.82. The van der Waals surface area contributed by atoms with E-state index in [1.165, 1.54) is 6.92 Å². The van der Waals surface area contributed by atoms with Crippen LogP contribution in [0.5, 0.6) is 5.75 Å². The number of esters is 4. The van der Waals surface area contributed by atoms with Crippen molar-refractivity contribution in [2.24, 2.45) is 0 Å². The summed E-state index contributed by atoms with van der Waals surface area (Å²) >= 11 is 2.05. The minimum atomic E-state index is -1.37. The lowest BCUT2D eigenvalue weighted by Gasteiger charge is -2.44. The Hall–Kier alpha value is -2.45. The number of carbonyl (C=O) groups excluding carboxylic acids is 4. The predicted octanol–water partition coefficient (Wildman–Crippen LogP) is 1.25. The van der Waals surface area contributed by atoms with Crippen molar-refractivity contribution in [3.05, 3.63) is 27.3 Å². The Balaban J connectivity index is 2.51. The second-order valence-corrected chi connectivity index (χ2v) is 8.34. The fourth-order valence-corrected chi connectivity index (χ4v) is 3.64. The summed E-state index contributed by atoms with van der Waals surface area (Å²) in [6.07, 6.45) is -6.46. The Labute approximate surface area is 203 Å². The molecule has 0 amide bonds. The highest BCUT2D eigenvalue weighted by Gasteiger charge is 2.53. The number of ether oxygens (including phenoxy) is 6. The molecule has 1 fully saturated rings. The van der Waals surface area contributed by atoms with Gasteiger partial charge in [0.2, 0.25) is 12.4 Å². The van der Waals surface area contributed by atoms with Gasteiger partial charge in [-0.15, -0.1) is 0 Å². The number of benzene rings is 1. The van der Waals surface area contributed by atoms with Crippen molar-refractivity contribution < 1.29 is 52.7 Å². The summed E-state index contributed by atoms with van der Waals surface area (Å²) in [5, 5.41) is 9.67. The largest absolute Gasteiger partial charge is 0.463 e. The minimum Gasteiger partial charge on any atom is -0.463 e. The number of aliphatic hydroxyl groups is 1. The first kappa shape index (κ1) is 26.8. The monoisotopic (exact) mass is 580 g/mol. The molecular formula is C21H25IO11. The molecule has 182 valence electrons. The molecule has 1 aliphatic rings. The van der Waals surface area contributed by atoms with E-state index in [0.29, 0.717) is 5.56 Å². The molecule has 0 radical (unpaired) electrons. The molecule has 0 aliphatic carbocycles. The van der Waals surface area contributed by atoms with Gasteiger partial charge in [0.25, 0.3) is 0 Å². The molecule has 5 atom stereocenters. The molecule has 33 heavy (non-hydrogen) atoms. The third-order valence-electron chi connectivity index (χ3n) is 4.39. The third-order valence-corrected chi connectivity index (χ3v) is 5.06. The van der Waals surface area contributed by atoms with Crippen LogP contribution >= 0.6 is 22.6 Å². The summed E-state index contributed by atoms with van der Waals surface area (Å²) in [5.41, 5.74) is 0.420. The van der Waals surface area contributed by atoms with Gasteiger partial charge in [0, 0.05) is 36.8 Å². The first-order valence-corrected chi connectivity index (χ1v) is 11.0. The lowest BCUT2D eigenvalue weighted by atomic mass is 9.98. The molecule has 1 aliphatic heterocycles. The van der Waals surface area contributed by atoms with E-state index in [4.69, 9.17) is 28.4 Å². The van der Waals surface area contributed by atoms with E-state index in [-0.39, 0.29) is 19.0 Å². The predicted molar refractivity (Wildman–Crippen MR) is 118 cm³/mol. The maximum atomic E-state index is 11.9. The number of hydrogen-bond donors (Lipinski definition) is 1. The molecule has 1 N–H and O–H groups in total. The summed E-state index contributed by atoms with van der Waals surface area (Å²) in [7, 11) is 0. The number of halogens is 1. The number of rotatable bonds is 8. The van der Waals surface area contributed by atoms with Crippen LogP contribution in [-0.2, 0) is 49.5 Å². The van der Waals surface area contributed by atoms with Gasteiger partial charge in [-0.3, -0.25) is 19.2 Å². The van der Waals surface area contributed by atoms with E-state index in [9.17, 15) is 24.3 Å². The van der Waals surface area contributed by atoms with Crippen molar-refractivity contribution in [2.75, 3.05) is 6.61 Å². The van der Waals surface area contributed by atoms with Crippen molar-refractivity contribution in [1.82, 2.24) is 0 Å². The van der Waals surface area contributed by atoms with Gasteiger partial charge in [-0.2, -0.15) is 0 Å². The first-order valence-electron chi connectivity index (χ1n) is 9.88. The Morgan fingerprint density at radius 2 is 1.48 bits per heavy atom. The molecule has 1 aromatic rings. The van der Waals surface area contributed by atoms with Gasteiger partial charge in [0.15, 0.2) is 12.2 Å². The van der Waals surface area contributed by atoms with Crippen LogP contribution in [0, 0.1) is 3.57 Å². The quantitative estimate of drug-likeness (QED) is 0.270. The van der Waals surface area contributed by atoms with E-state index >= 15 is 0 Å². The van der Waals surface area contributed by atoms with Gasteiger partial charge in [0.1, 0.15) is 18.5 Å². The van der Waals surface area contributed by atoms with E-state index in [2.05, 4.69) is 0 Å². The smallest absolute Gasteiger partial charge is 0.303 e. The molecule has 12 heteroatoms. The van der Waals surface area contributed by atoms with Crippen LogP contribution in [0.2, 0.25) is 0 Å².